The van der Waals surface area contributed by atoms with Crippen LogP contribution in [0.3, 0.4) is 0 Å². The van der Waals surface area contributed by atoms with Gasteiger partial charge in [0, 0.05) is 24.1 Å². The van der Waals surface area contributed by atoms with E-state index in [4.69, 9.17) is 4.42 Å². The Kier molecular flexibility index (Phi) is 5.19. The molecule has 0 fully saturated rings. The Morgan fingerprint density at radius 2 is 2.05 bits per heavy atom. The standard InChI is InChI=1S/C19H33NO/c1-7-13(3)9-15(8-2)20-17-11-19(5,6)12-18-16(17)10-14(4)21-18/h10,13,15,17,20H,7-9,11-12H2,1-6H3. The summed E-state index contributed by atoms with van der Waals surface area (Å²) in [5.74, 6) is 3.06. The van der Waals surface area contributed by atoms with Crippen LogP contribution in [0.15, 0.2) is 10.5 Å². The highest BCUT2D eigenvalue weighted by Crippen LogP contribution is 2.42. The zero-order chi connectivity index (χ0) is 15.6. The highest BCUT2D eigenvalue weighted by molar-refractivity contribution is 5.29. The molecule has 0 saturated heterocycles. The lowest BCUT2D eigenvalue weighted by Gasteiger charge is -2.37. The van der Waals surface area contributed by atoms with E-state index in [1.165, 1.54) is 37.0 Å². The minimum Gasteiger partial charge on any atom is -0.466 e. The van der Waals surface area contributed by atoms with Crippen LogP contribution in [0.25, 0.3) is 0 Å². The van der Waals surface area contributed by atoms with Crippen molar-refractivity contribution in [2.24, 2.45) is 11.3 Å². The molecule has 2 heteroatoms. The number of hydrogen-bond acceptors (Lipinski definition) is 2. The molecule has 0 aromatic carbocycles. The number of aryl methyl sites for hydroxylation is 1. The van der Waals surface area contributed by atoms with E-state index in [9.17, 15) is 0 Å². The molecule has 3 atom stereocenters. The van der Waals surface area contributed by atoms with Crippen LogP contribution < -0.4 is 5.32 Å². The number of hydrogen-bond donors (Lipinski definition) is 1. The lowest BCUT2D eigenvalue weighted by molar-refractivity contribution is 0.216. The summed E-state index contributed by atoms with van der Waals surface area (Å²) in [7, 11) is 0. The first-order valence-corrected chi connectivity index (χ1v) is 8.70. The second kappa shape index (κ2) is 6.56. The maximum Gasteiger partial charge on any atom is 0.109 e. The molecule has 1 aromatic rings. The monoisotopic (exact) mass is 291 g/mol. The van der Waals surface area contributed by atoms with E-state index in [0.29, 0.717) is 17.5 Å². The molecule has 0 bridgehead atoms. The van der Waals surface area contributed by atoms with Gasteiger partial charge in [0.25, 0.3) is 0 Å². The fourth-order valence-electron chi connectivity index (χ4n) is 3.62. The van der Waals surface area contributed by atoms with Crippen LogP contribution in [0.2, 0.25) is 0 Å². The van der Waals surface area contributed by atoms with Gasteiger partial charge in [-0.05, 0) is 43.6 Å². The molecule has 21 heavy (non-hydrogen) atoms. The Balaban J connectivity index is 2.14. The maximum atomic E-state index is 5.95. The first kappa shape index (κ1) is 16.6. The van der Waals surface area contributed by atoms with Gasteiger partial charge >= 0.3 is 0 Å². The molecule has 0 saturated carbocycles. The Bertz CT molecular complexity index is 460. The second-order valence-electron chi connectivity index (χ2n) is 7.85. The van der Waals surface area contributed by atoms with Crippen molar-refractivity contribution >= 4 is 0 Å². The fraction of sp³-hybridized carbons (Fsp3) is 0.789. The molecular formula is C19H33NO. The van der Waals surface area contributed by atoms with E-state index in [-0.39, 0.29) is 0 Å². The average Bonchev–Trinajstić information content (AvgIpc) is 2.76. The van der Waals surface area contributed by atoms with Crippen LogP contribution in [0.1, 0.15) is 83.4 Å². The predicted molar refractivity (Wildman–Crippen MR) is 89.6 cm³/mol. The number of nitrogens with one attached hydrogen (secondary N) is 1. The molecule has 1 aliphatic carbocycles. The third-order valence-electron chi connectivity index (χ3n) is 5.05. The molecule has 1 heterocycles. The van der Waals surface area contributed by atoms with Crippen molar-refractivity contribution in [3.63, 3.8) is 0 Å². The van der Waals surface area contributed by atoms with E-state index in [1.807, 2.05) is 0 Å². The van der Waals surface area contributed by atoms with Crippen molar-refractivity contribution in [1.82, 2.24) is 5.32 Å². The molecule has 1 aliphatic rings. The summed E-state index contributed by atoms with van der Waals surface area (Å²) in [6, 6.07) is 3.31. The molecule has 3 unspecified atom stereocenters. The summed E-state index contributed by atoms with van der Waals surface area (Å²) >= 11 is 0. The van der Waals surface area contributed by atoms with Gasteiger partial charge in [-0.25, -0.2) is 0 Å². The molecule has 0 amide bonds. The van der Waals surface area contributed by atoms with Crippen LogP contribution in [0.5, 0.6) is 0 Å². The van der Waals surface area contributed by atoms with Crippen molar-refractivity contribution in [2.75, 3.05) is 0 Å². The maximum absolute atomic E-state index is 5.95. The van der Waals surface area contributed by atoms with Gasteiger partial charge in [0.2, 0.25) is 0 Å². The molecule has 120 valence electrons. The zero-order valence-corrected chi connectivity index (χ0v) is 14.8. The summed E-state index contributed by atoms with van der Waals surface area (Å²) in [6.07, 6.45) is 6.01. The van der Waals surface area contributed by atoms with Gasteiger partial charge in [-0.15, -0.1) is 0 Å². The largest absolute Gasteiger partial charge is 0.466 e. The van der Waals surface area contributed by atoms with Crippen LogP contribution in [0.4, 0.5) is 0 Å². The normalized spacial score (nSPS) is 23.6. The molecule has 2 nitrogen and oxygen atoms in total. The highest BCUT2D eigenvalue weighted by Gasteiger charge is 2.35. The highest BCUT2D eigenvalue weighted by atomic mass is 16.3. The van der Waals surface area contributed by atoms with Crippen molar-refractivity contribution in [2.45, 2.75) is 85.7 Å². The predicted octanol–water partition coefficient (Wildman–Crippen LogP) is 5.41. The second-order valence-corrected chi connectivity index (χ2v) is 7.85. The molecule has 1 N–H and O–H groups in total. The van der Waals surface area contributed by atoms with Crippen LogP contribution in [0, 0.1) is 18.3 Å². The molecule has 0 aliphatic heterocycles. The summed E-state index contributed by atoms with van der Waals surface area (Å²) in [5, 5.41) is 3.94. The summed E-state index contributed by atoms with van der Waals surface area (Å²) in [4.78, 5) is 0. The number of furan rings is 1. The van der Waals surface area contributed by atoms with E-state index >= 15 is 0 Å². The average molecular weight is 291 g/mol. The first-order chi connectivity index (χ1) is 9.84. The third kappa shape index (κ3) is 4.12. The Hall–Kier alpha value is -0.760. The number of rotatable bonds is 6. The van der Waals surface area contributed by atoms with Gasteiger partial charge in [-0.3, -0.25) is 0 Å². The van der Waals surface area contributed by atoms with Crippen molar-refractivity contribution < 1.29 is 4.42 Å². The van der Waals surface area contributed by atoms with Crippen LogP contribution in [-0.2, 0) is 6.42 Å². The van der Waals surface area contributed by atoms with Gasteiger partial charge < -0.3 is 9.73 Å². The van der Waals surface area contributed by atoms with Gasteiger partial charge in [-0.2, -0.15) is 0 Å². The molecule has 0 radical (unpaired) electrons. The quantitative estimate of drug-likeness (QED) is 0.758. The Morgan fingerprint density at radius 3 is 2.67 bits per heavy atom. The fourth-order valence-corrected chi connectivity index (χ4v) is 3.62. The lowest BCUT2D eigenvalue weighted by atomic mass is 9.74. The topological polar surface area (TPSA) is 25.2 Å². The van der Waals surface area contributed by atoms with Gasteiger partial charge in [-0.1, -0.05) is 41.0 Å². The van der Waals surface area contributed by atoms with Crippen LogP contribution >= 0.6 is 0 Å². The first-order valence-electron chi connectivity index (χ1n) is 8.70. The van der Waals surface area contributed by atoms with Crippen molar-refractivity contribution in [3.05, 3.63) is 23.2 Å². The third-order valence-corrected chi connectivity index (χ3v) is 5.05. The minimum absolute atomic E-state index is 0.323. The Morgan fingerprint density at radius 1 is 1.33 bits per heavy atom. The smallest absolute Gasteiger partial charge is 0.109 e. The van der Waals surface area contributed by atoms with E-state index < -0.39 is 0 Å². The molecule has 1 aromatic heterocycles. The SMILES string of the molecule is CCC(C)CC(CC)NC1CC(C)(C)Cc2oc(C)cc21. The van der Waals surface area contributed by atoms with Gasteiger partial charge in [0.1, 0.15) is 11.5 Å². The molecule has 0 spiro atoms. The zero-order valence-electron chi connectivity index (χ0n) is 14.8. The van der Waals surface area contributed by atoms with Crippen molar-refractivity contribution in [1.29, 1.82) is 0 Å². The van der Waals surface area contributed by atoms with Crippen LogP contribution in [-0.4, -0.2) is 6.04 Å². The minimum atomic E-state index is 0.323. The van der Waals surface area contributed by atoms with E-state index in [0.717, 1.165) is 18.1 Å². The van der Waals surface area contributed by atoms with Gasteiger partial charge in [0.15, 0.2) is 0 Å². The van der Waals surface area contributed by atoms with E-state index in [2.05, 4.69) is 52.9 Å². The van der Waals surface area contributed by atoms with E-state index in [1.54, 1.807) is 0 Å². The lowest BCUT2D eigenvalue weighted by Crippen LogP contribution is -2.39. The summed E-state index contributed by atoms with van der Waals surface area (Å²) in [6.45, 7) is 13.7. The van der Waals surface area contributed by atoms with Gasteiger partial charge in [0.05, 0.1) is 0 Å². The summed E-state index contributed by atoms with van der Waals surface area (Å²) in [5.41, 5.74) is 1.73. The number of fused-ring (bicyclic) bond motifs is 1. The summed E-state index contributed by atoms with van der Waals surface area (Å²) < 4.78 is 5.95. The molecule has 2 rings (SSSR count). The Labute approximate surface area is 130 Å². The van der Waals surface area contributed by atoms with Crippen molar-refractivity contribution in [3.8, 4) is 0 Å². The molecular weight excluding hydrogens is 258 g/mol.